The molecular formula is C26H32N2O2S. The summed E-state index contributed by atoms with van der Waals surface area (Å²) in [5.74, 6) is 0.307. The number of nitrogens with zero attached hydrogens (tertiary/aromatic N) is 2. The first kappa shape index (κ1) is 23.0. The van der Waals surface area contributed by atoms with Gasteiger partial charge in [0, 0.05) is 13.1 Å². The van der Waals surface area contributed by atoms with Crippen molar-refractivity contribution in [2.45, 2.75) is 44.0 Å². The molecule has 1 aliphatic heterocycles. The number of phenols is 1. The second kappa shape index (κ2) is 9.67. The standard InChI is InChI=1S/C25H28N2O2S.CH4/c1-18-12-13-24-25(19(18)2)27(22-10-4-5-11-23(22)30(24)29)15-7-14-26(3)17-20-8-6-9-21(28)16-20;/h4-6,8-13,16,28H,7,14-15,17H2,1-3H3;1H4. The molecule has 3 aromatic rings. The average Bonchev–Trinajstić information content (AvgIpc) is 2.73. The lowest BCUT2D eigenvalue weighted by molar-refractivity contribution is 0.323. The molecule has 0 bridgehead atoms. The van der Waals surface area contributed by atoms with E-state index in [9.17, 15) is 9.32 Å². The topological polar surface area (TPSA) is 43.8 Å². The number of fused-ring (bicyclic) bond motifs is 2. The van der Waals surface area contributed by atoms with E-state index in [2.05, 4.69) is 42.8 Å². The Morgan fingerprint density at radius 3 is 2.55 bits per heavy atom. The van der Waals surface area contributed by atoms with Gasteiger partial charge in [0.15, 0.2) is 0 Å². The number of anilines is 2. The summed E-state index contributed by atoms with van der Waals surface area (Å²) in [7, 11) is 0.956. The summed E-state index contributed by atoms with van der Waals surface area (Å²) in [6.07, 6.45) is 0.975. The predicted octanol–water partition coefficient (Wildman–Crippen LogP) is 5.79. The van der Waals surface area contributed by atoms with Crippen molar-refractivity contribution in [3.05, 3.63) is 77.4 Å². The third-order valence-corrected chi connectivity index (χ3v) is 7.25. The predicted molar refractivity (Wildman–Crippen MR) is 130 cm³/mol. The fourth-order valence-corrected chi connectivity index (χ4v) is 5.55. The van der Waals surface area contributed by atoms with Gasteiger partial charge in [0.05, 0.1) is 32.0 Å². The first-order chi connectivity index (χ1) is 14.5. The number of phenolic OH excluding ortho intramolecular Hbond substituents is 1. The molecule has 1 N–H and O–H groups in total. The van der Waals surface area contributed by atoms with Gasteiger partial charge in [0.1, 0.15) is 5.75 Å². The lowest BCUT2D eigenvalue weighted by Gasteiger charge is -2.35. The molecule has 0 saturated carbocycles. The van der Waals surface area contributed by atoms with Gasteiger partial charge in [-0.15, -0.1) is 0 Å². The third kappa shape index (κ3) is 4.68. The Bertz CT molecular complexity index is 1100. The van der Waals surface area contributed by atoms with E-state index >= 15 is 0 Å². The van der Waals surface area contributed by atoms with Crippen LogP contribution in [0, 0.1) is 13.8 Å². The molecule has 0 amide bonds. The highest BCUT2D eigenvalue weighted by Gasteiger charge is 2.29. The maximum atomic E-state index is 13.2. The van der Waals surface area contributed by atoms with Gasteiger partial charge in [-0.3, -0.25) is 0 Å². The van der Waals surface area contributed by atoms with Gasteiger partial charge >= 0.3 is 0 Å². The quantitative estimate of drug-likeness (QED) is 0.531. The summed E-state index contributed by atoms with van der Waals surface area (Å²) in [4.78, 5) is 6.41. The summed E-state index contributed by atoms with van der Waals surface area (Å²) < 4.78 is 13.2. The number of aryl methyl sites for hydroxylation is 1. The molecule has 1 atom stereocenters. The van der Waals surface area contributed by atoms with Gasteiger partial charge in [-0.05, 0) is 80.9 Å². The van der Waals surface area contributed by atoms with Crippen LogP contribution in [0.15, 0.2) is 70.5 Å². The highest BCUT2D eigenvalue weighted by molar-refractivity contribution is 7.85. The molecule has 3 aromatic carbocycles. The van der Waals surface area contributed by atoms with Crippen molar-refractivity contribution in [1.29, 1.82) is 0 Å². The monoisotopic (exact) mass is 436 g/mol. The second-order valence-electron chi connectivity index (χ2n) is 8.00. The van der Waals surface area contributed by atoms with Crippen LogP contribution < -0.4 is 4.90 Å². The molecule has 1 aliphatic rings. The fourth-order valence-electron chi connectivity index (χ4n) is 4.11. The van der Waals surface area contributed by atoms with Crippen molar-refractivity contribution < 1.29 is 9.32 Å². The SMILES string of the molecule is C.Cc1ccc2c(c1C)N(CCCN(C)Cc1cccc(O)c1)c1ccccc1S2=O. The van der Waals surface area contributed by atoms with Crippen molar-refractivity contribution >= 4 is 22.2 Å². The molecule has 5 heteroatoms. The normalized spacial score (nSPS) is 14.7. The zero-order valence-corrected chi connectivity index (χ0v) is 18.6. The van der Waals surface area contributed by atoms with Gasteiger partial charge in [-0.2, -0.15) is 0 Å². The van der Waals surface area contributed by atoms with Crippen LogP contribution in [0.1, 0.15) is 30.5 Å². The lowest BCUT2D eigenvalue weighted by atomic mass is 10.1. The molecule has 164 valence electrons. The zero-order chi connectivity index (χ0) is 21.3. The summed E-state index contributed by atoms with van der Waals surface area (Å²) >= 11 is 0. The van der Waals surface area contributed by atoms with Crippen LogP contribution in [-0.2, 0) is 17.3 Å². The largest absolute Gasteiger partial charge is 0.508 e. The van der Waals surface area contributed by atoms with Crippen LogP contribution in [0.4, 0.5) is 11.4 Å². The second-order valence-corrected chi connectivity index (χ2v) is 9.42. The Labute approximate surface area is 188 Å². The van der Waals surface area contributed by atoms with Crippen LogP contribution in [0.3, 0.4) is 0 Å². The minimum atomic E-state index is -1.15. The maximum absolute atomic E-state index is 13.2. The van der Waals surface area contributed by atoms with E-state index in [0.29, 0.717) is 5.75 Å². The average molecular weight is 437 g/mol. The van der Waals surface area contributed by atoms with Crippen molar-refractivity contribution in [2.75, 3.05) is 25.0 Å². The Hall–Kier alpha value is -2.63. The van der Waals surface area contributed by atoms with Gasteiger partial charge in [0.2, 0.25) is 0 Å². The molecule has 0 aliphatic carbocycles. The number of aromatic hydroxyl groups is 1. The number of hydrogen-bond donors (Lipinski definition) is 1. The molecule has 4 nitrogen and oxygen atoms in total. The Morgan fingerprint density at radius 2 is 1.77 bits per heavy atom. The number of para-hydroxylation sites is 1. The van der Waals surface area contributed by atoms with Crippen molar-refractivity contribution in [1.82, 2.24) is 4.90 Å². The summed E-state index contributed by atoms with van der Waals surface area (Å²) in [5.41, 5.74) is 5.67. The highest BCUT2D eigenvalue weighted by atomic mass is 32.2. The molecule has 0 aromatic heterocycles. The van der Waals surface area contributed by atoms with Gasteiger partial charge in [-0.25, -0.2) is 4.21 Å². The zero-order valence-electron chi connectivity index (χ0n) is 17.8. The van der Waals surface area contributed by atoms with E-state index in [0.717, 1.165) is 52.8 Å². The molecule has 0 saturated heterocycles. The number of benzene rings is 3. The summed E-state index contributed by atoms with van der Waals surface area (Å²) in [5, 5.41) is 9.68. The van der Waals surface area contributed by atoms with Crippen LogP contribution in [0.25, 0.3) is 0 Å². The van der Waals surface area contributed by atoms with Gasteiger partial charge in [0.25, 0.3) is 0 Å². The molecule has 0 radical (unpaired) electrons. The van der Waals surface area contributed by atoms with E-state index in [1.807, 2.05) is 42.5 Å². The van der Waals surface area contributed by atoms with Gasteiger partial charge < -0.3 is 14.9 Å². The number of rotatable bonds is 6. The van der Waals surface area contributed by atoms with Crippen LogP contribution in [0.2, 0.25) is 0 Å². The van der Waals surface area contributed by atoms with Crippen LogP contribution >= 0.6 is 0 Å². The minimum absolute atomic E-state index is 0. The molecule has 1 heterocycles. The maximum Gasteiger partial charge on any atom is 0.115 e. The Morgan fingerprint density at radius 1 is 1.00 bits per heavy atom. The highest BCUT2D eigenvalue weighted by Crippen LogP contribution is 2.44. The molecule has 0 spiro atoms. The molecule has 31 heavy (non-hydrogen) atoms. The van der Waals surface area contributed by atoms with Crippen molar-refractivity contribution in [2.24, 2.45) is 0 Å². The van der Waals surface area contributed by atoms with Gasteiger partial charge in [-0.1, -0.05) is 37.8 Å². The smallest absolute Gasteiger partial charge is 0.115 e. The minimum Gasteiger partial charge on any atom is -0.508 e. The Balaban J connectivity index is 0.00000272. The molecule has 4 rings (SSSR count). The molecular weight excluding hydrogens is 404 g/mol. The lowest BCUT2D eigenvalue weighted by Crippen LogP contribution is -2.29. The van der Waals surface area contributed by atoms with Crippen LogP contribution in [0.5, 0.6) is 5.75 Å². The summed E-state index contributed by atoms with van der Waals surface area (Å²) in [6, 6.07) is 19.6. The van der Waals surface area contributed by atoms with E-state index < -0.39 is 10.8 Å². The van der Waals surface area contributed by atoms with E-state index in [1.54, 1.807) is 6.07 Å². The molecule has 1 unspecified atom stereocenters. The molecule has 0 fully saturated rings. The first-order valence-corrected chi connectivity index (χ1v) is 11.5. The van der Waals surface area contributed by atoms with Crippen molar-refractivity contribution in [3.8, 4) is 5.75 Å². The van der Waals surface area contributed by atoms with E-state index in [1.165, 1.54) is 11.1 Å². The summed E-state index contributed by atoms with van der Waals surface area (Å²) in [6.45, 7) is 6.82. The number of hydrogen-bond acceptors (Lipinski definition) is 4. The van der Waals surface area contributed by atoms with E-state index in [4.69, 9.17) is 0 Å². The third-order valence-electron chi connectivity index (χ3n) is 5.77. The van der Waals surface area contributed by atoms with Crippen LogP contribution in [-0.4, -0.2) is 34.4 Å². The Kier molecular flexibility index (Phi) is 7.19. The first-order valence-electron chi connectivity index (χ1n) is 10.3. The van der Waals surface area contributed by atoms with E-state index in [-0.39, 0.29) is 7.43 Å². The fraction of sp³-hybridized carbons (Fsp3) is 0.308. The van der Waals surface area contributed by atoms with Crippen molar-refractivity contribution in [3.63, 3.8) is 0 Å².